The van der Waals surface area contributed by atoms with Crippen LogP contribution in [-0.4, -0.2) is 66.2 Å². The molecule has 0 saturated carbocycles. The number of carboxylic acid groups (broad SMARTS) is 1. The molecule has 120 valence electrons. The summed E-state index contributed by atoms with van der Waals surface area (Å²) in [7, 11) is 1.62. The Kier molecular flexibility index (Phi) is 5.91. The quantitative estimate of drug-likeness (QED) is 0.842. The minimum atomic E-state index is -0.907. The molecule has 1 atom stereocenters. The van der Waals surface area contributed by atoms with E-state index in [-0.39, 0.29) is 18.9 Å². The molecule has 1 saturated heterocycles. The molecule has 0 spiro atoms. The molecule has 0 radical (unpaired) electrons. The van der Waals surface area contributed by atoms with Crippen molar-refractivity contribution < 1.29 is 19.4 Å². The lowest BCUT2D eigenvalue weighted by molar-refractivity contribution is -0.149. The van der Waals surface area contributed by atoms with E-state index in [2.05, 4.69) is 17.0 Å². The van der Waals surface area contributed by atoms with Crippen LogP contribution in [0.2, 0.25) is 0 Å². The Morgan fingerprint density at radius 3 is 2.77 bits per heavy atom. The second-order valence-corrected chi connectivity index (χ2v) is 5.48. The zero-order valence-electron chi connectivity index (χ0n) is 12.8. The Labute approximate surface area is 130 Å². The van der Waals surface area contributed by atoms with Crippen LogP contribution in [0.5, 0.6) is 0 Å². The van der Waals surface area contributed by atoms with Gasteiger partial charge in [0, 0.05) is 33.2 Å². The number of carbonyl (C=O) groups is 2. The molecule has 1 fully saturated rings. The fourth-order valence-electron chi connectivity index (χ4n) is 2.46. The Hall–Kier alpha value is -1.92. The Morgan fingerprint density at radius 2 is 2.09 bits per heavy atom. The number of hydrogen-bond acceptors (Lipinski definition) is 4. The van der Waals surface area contributed by atoms with E-state index in [0.29, 0.717) is 13.2 Å². The van der Waals surface area contributed by atoms with Gasteiger partial charge in [-0.2, -0.15) is 0 Å². The van der Waals surface area contributed by atoms with E-state index in [1.54, 1.807) is 7.05 Å². The van der Waals surface area contributed by atoms with Gasteiger partial charge in [-0.25, -0.2) is 0 Å². The Morgan fingerprint density at radius 1 is 1.36 bits per heavy atom. The average Bonchev–Trinajstić information content (AvgIpc) is 2.53. The first-order valence-electron chi connectivity index (χ1n) is 7.41. The molecule has 1 aromatic carbocycles. The summed E-state index contributed by atoms with van der Waals surface area (Å²) in [5.41, 5.74) is 1.20. The molecular formula is C16H22N2O4. The molecule has 1 aliphatic rings. The second-order valence-electron chi connectivity index (χ2n) is 5.48. The highest BCUT2D eigenvalue weighted by atomic mass is 16.5. The molecule has 6 nitrogen and oxygen atoms in total. The third-order valence-corrected chi connectivity index (χ3v) is 3.71. The highest BCUT2D eigenvalue weighted by Crippen LogP contribution is 2.12. The maximum absolute atomic E-state index is 12.3. The first-order chi connectivity index (χ1) is 10.6. The summed E-state index contributed by atoms with van der Waals surface area (Å²) in [4.78, 5) is 26.5. The predicted octanol–water partition coefficient (Wildman–Crippen LogP) is 0.821. The Balaban J connectivity index is 1.87. The number of carboxylic acids is 1. The van der Waals surface area contributed by atoms with Gasteiger partial charge in [-0.15, -0.1) is 0 Å². The maximum atomic E-state index is 12.3. The summed E-state index contributed by atoms with van der Waals surface area (Å²) in [6, 6.07) is 10.1. The minimum absolute atomic E-state index is 0.0529. The van der Waals surface area contributed by atoms with Gasteiger partial charge in [0.15, 0.2) is 0 Å². The van der Waals surface area contributed by atoms with Crippen LogP contribution in [0.25, 0.3) is 0 Å². The number of carbonyl (C=O) groups excluding carboxylic acids is 1. The smallest absolute Gasteiger partial charge is 0.305 e. The number of rotatable bonds is 6. The van der Waals surface area contributed by atoms with E-state index < -0.39 is 12.1 Å². The van der Waals surface area contributed by atoms with E-state index in [9.17, 15) is 9.59 Å². The van der Waals surface area contributed by atoms with Gasteiger partial charge in [-0.3, -0.25) is 14.5 Å². The topological polar surface area (TPSA) is 70.1 Å². The lowest BCUT2D eigenvalue weighted by Gasteiger charge is -2.34. The molecule has 0 aliphatic carbocycles. The van der Waals surface area contributed by atoms with Gasteiger partial charge in [0.25, 0.3) is 5.91 Å². The van der Waals surface area contributed by atoms with Crippen LogP contribution in [0.1, 0.15) is 12.0 Å². The van der Waals surface area contributed by atoms with E-state index in [1.807, 2.05) is 18.2 Å². The number of ether oxygens (including phenoxy) is 1. The molecular weight excluding hydrogens is 284 g/mol. The zero-order chi connectivity index (χ0) is 15.9. The molecule has 0 bridgehead atoms. The molecule has 1 heterocycles. The van der Waals surface area contributed by atoms with Crippen LogP contribution in [0.4, 0.5) is 0 Å². The SMILES string of the molecule is CN(CCC(=O)O)C(=O)C1CN(Cc2ccccc2)CCO1. The summed E-state index contributed by atoms with van der Waals surface area (Å²) >= 11 is 0. The Bertz CT molecular complexity index is 506. The molecule has 2 rings (SSSR count). The van der Waals surface area contributed by atoms with Crippen LogP contribution < -0.4 is 0 Å². The van der Waals surface area contributed by atoms with Crippen molar-refractivity contribution in [2.24, 2.45) is 0 Å². The number of benzene rings is 1. The summed E-state index contributed by atoms with van der Waals surface area (Å²) in [6.45, 7) is 2.82. The first kappa shape index (κ1) is 16.5. The fraction of sp³-hybridized carbons (Fsp3) is 0.500. The van der Waals surface area contributed by atoms with Crippen molar-refractivity contribution in [3.8, 4) is 0 Å². The van der Waals surface area contributed by atoms with Crippen LogP contribution >= 0.6 is 0 Å². The number of nitrogens with zero attached hydrogens (tertiary/aromatic N) is 2. The van der Waals surface area contributed by atoms with Crippen molar-refractivity contribution in [1.29, 1.82) is 0 Å². The number of aliphatic carboxylic acids is 1. The highest BCUT2D eigenvalue weighted by molar-refractivity contribution is 5.81. The van der Waals surface area contributed by atoms with E-state index in [0.717, 1.165) is 13.1 Å². The zero-order valence-corrected chi connectivity index (χ0v) is 12.8. The van der Waals surface area contributed by atoms with Crippen molar-refractivity contribution in [1.82, 2.24) is 9.80 Å². The normalized spacial score (nSPS) is 18.9. The van der Waals surface area contributed by atoms with Crippen LogP contribution in [0.3, 0.4) is 0 Å². The third kappa shape index (κ3) is 4.82. The molecule has 1 unspecified atom stereocenters. The summed E-state index contributed by atoms with van der Waals surface area (Å²) in [5, 5.41) is 8.68. The summed E-state index contributed by atoms with van der Waals surface area (Å²) in [6.07, 6.45) is -0.570. The number of likely N-dealkylation sites (N-methyl/N-ethyl adjacent to an activating group) is 1. The van der Waals surface area contributed by atoms with Gasteiger partial charge in [0.05, 0.1) is 13.0 Å². The monoisotopic (exact) mass is 306 g/mol. The lowest BCUT2D eigenvalue weighted by Crippen LogP contribution is -2.50. The summed E-state index contributed by atoms with van der Waals surface area (Å²) < 4.78 is 5.56. The largest absolute Gasteiger partial charge is 0.481 e. The average molecular weight is 306 g/mol. The van der Waals surface area contributed by atoms with Crippen LogP contribution in [0, 0.1) is 0 Å². The number of morpholine rings is 1. The van der Waals surface area contributed by atoms with Crippen LogP contribution in [0.15, 0.2) is 30.3 Å². The molecule has 1 aliphatic heterocycles. The second kappa shape index (κ2) is 7.91. The van der Waals surface area contributed by atoms with Crippen LogP contribution in [-0.2, 0) is 20.9 Å². The van der Waals surface area contributed by atoms with Gasteiger partial charge < -0.3 is 14.7 Å². The van der Waals surface area contributed by atoms with Gasteiger partial charge in [-0.1, -0.05) is 30.3 Å². The number of amides is 1. The standard InChI is InChI=1S/C16H22N2O4/c1-17(8-7-15(19)20)16(21)14-12-18(9-10-22-14)11-13-5-3-2-4-6-13/h2-6,14H,7-12H2,1H3,(H,19,20). The molecule has 1 aromatic rings. The van der Waals surface area contributed by atoms with Crippen molar-refractivity contribution in [2.75, 3.05) is 33.3 Å². The van der Waals surface area contributed by atoms with Gasteiger partial charge in [-0.05, 0) is 5.56 Å². The predicted molar refractivity (Wildman–Crippen MR) is 81.3 cm³/mol. The van der Waals surface area contributed by atoms with Crippen molar-refractivity contribution >= 4 is 11.9 Å². The van der Waals surface area contributed by atoms with Crippen molar-refractivity contribution in [3.63, 3.8) is 0 Å². The van der Waals surface area contributed by atoms with Gasteiger partial charge in [0.2, 0.25) is 0 Å². The van der Waals surface area contributed by atoms with Crippen molar-refractivity contribution in [3.05, 3.63) is 35.9 Å². The summed E-state index contributed by atoms with van der Waals surface area (Å²) in [5.74, 6) is -1.06. The molecule has 6 heteroatoms. The third-order valence-electron chi connectivity index (χ3n) is 3.71. The molecule has 0 aromatic heterocycles. The van der Waals surface area contributed by atoms with E-state index in [4.69, 9.17) is 9.84 Å². The minimum Gasteiger partial charge on any atom is -0.481 e. The van der Waals surface area contributed by atoms with E-state index >= 15 is 0 Å². The lowest BCUT2D eigenvalue weighted by atomic mass is 10.2. The first-order valence-corrected chi connectivity index (χ1v) is 7.41. The molecule has 1 N–H and O–H groups in total. The van der Waals surface area contributed by atoms with E-state index in [1.165, 1.54) is 10.5 Å². The van der Waals surface area contributed by atoms with Gasteiger partial charge in [0.1, 0.15) is 6.10 Å². The molecule has 22 heavy (non-hydrogen) atoms. The number of hydrogen-bond donors (Lipinski definition) is 1. The fourth-order valence-corrected chi connectivity index (χ4v) is 2.46. The molecule has 1 amide bonds. The van der Waals surface area contributed by atoms with Crippen molar-refractivity contribution in [2.45, 2.75) is 19.1 Å². The maximum Gasteiger partial charge on any atom is 0.305 e. The highest BCUT2D eigenvalue weighted by Gasteiger charge is 2.28. The van der Waals surface area contributed by atoms with Gasteiger partial charge >= 0.3 is 5.97 Å².